The Labute approximate surface area is 229 Å². The molecule has 0 spiro atoms. The number of nitrogens with two attached hydrogens (primary N) is 1. The molecule has 2 aromatic heterocycles. The number of alkyl halides is 2. The minimum atomic E-state index is -2.99. The second kappa shape index (κ2) is 11.5. The van der Waals surface area contributed by atoms with E-state index in [4.69, 9.17) is 5.73 Å². The van der Waals surface area contributed by atoms with Gasteiger partial charge in [-0.15, -0.1) is 0 Å². The highest BCUT2D eigenvalue weighted by Crippen LogP contribution is 2.19. The third-order valence-electron chi connectivity index (χ3n) is 6.25. The van der Waals surface area contributed by atoms with Crippen LogP contribution < -0.4 is 27.2 Å². The lowest BCUT2D eigenvalue weighted by Gasteiger charge is -2.16. The van der Waals surface area contributed by atoms with Crippen molar-refractivity contribution in [1.29, 1.82) is 0 Å². The lowest BCUT2D eigenvalue weighted by atomic mass is 10.2. The number of rotatable bonds is 10. The molecule has 0 unspecified atom stereocenters. The molecule has 0 aliphatic carbocycles. The molecule has 3 aromatic carbocycles. The third-order valence-corrected chi connectivity index (χ3v) is 6.25. The van der Waals surface area contributed by atoms with Gasteiger partial charge in [0.15, 0.2) is 0 Å². The summed E-state index contributed by atoms with van der Waals surface area (Å²) in [6.45, 7) is -2.90. The van der Waals surface area contributed by atoms with Gasteiger partial charge < -0.3 is 20.4 Å². The zero-order valence-electron chi connectivity index (χ0n) is 21.3. The lowest BCUT2D eigenvalue weighted by molar-refractivity contribution is -0.0498. The SMILES string of the molecule is Nc1nc2ccc(F)cc2n1CCNc1nc(=O)n(Cc2ccc(F)cc2)c(=O)n1Cc1ccc(OC(F)F)cc1. The largest absolute Gasteiger partial charge is 0.435 e. The Morgan fingerprint density at radius 2 is 1.46 bits per heavy atom. The lowest BCUT2D eigenvalue weighted by Crippen LogP contribution is -2.43. The van der Waals surface area contributed by atoms with Gasteiger partial charge in [0, 0.05) is 13.1 Å². The Hall–Kier alpha value is -5.14. The molecule has 0 saturated heterocycles. The Morgan fingerprint density at radius 3 is 2.15 bits per heavy atom. The van der Waals surface area contributed by atoms with Gasteiger partial charge in [-0.1, -0.05) is 24.3 Å². The van der Waals surface area contributed by atoms with Crippen LogP contribution in [0.1, 0.15) is 11.1 Å². The molecule has 5 aromatic rings. The summed E-state index contributed by atoms with van der Waals surface area (Å²) < 4.78 is 60.3. The second-order valence-corrected chi connectivity index (χ2v) is 9.00. The third kappa shape index (κ3) is 6.21. The van der Waals surface area contributed by atoms with E-state index in [2.05, 4.69) is 20.0 Å². The van der Waals surface area contributed by atoms with Gasteiger partial charge in [0.25, 0.3) is 0 Å². The topological polar surface area (TPSA) is 122 Å². The van der Waals surface area contributed by atoms with Crippen LogP contribution in [0.25, 0.3) is 11.0 Å². The molecule has 212 valence electrons. The second-order valence-electron chi connectivity index (χ2n) is 9.00. The van der Waals surface area contributed by atoms with Gasteiger partial charge >= 0.3 is 18.0 Å². The molecule has 14 heteroatoms. The Kier molecular flexibility index (Phi) is 7.72. The molecule has 0 amide bonds. The van der Waals surface area contributed by atoms with Crippen LogP contribution in [-0.4, -0.2) is 36.8 Å². The average Bonchev–Trinajstić information content (AvgIpc) is 3.24. The van der Waals surface area contributed by atoms with E-state index in [-0.39, 0.29) is 43.8 Å². The number of fused-ring (bicyclic) bond motifs is 1. The fourth-order valence-corrected chi connectivity index (χ4v) is 4.30. The zero-order chi connectivity index (χ0) is 29.1. The molecule has 0 atom stereocenters. The highest BCUT2D eigenvalue weighted by molar-refractivity contribution is 5.78. The molecule has 0 aliphatic rings. The fraction of sp³-hybridized carbons (Fsp3) is 0.185. The van der Waals surface area contributed by atoms with E-state index in [1.165, 1.54) is 71.3 Å². The van der Waals surface area contributed by atoms with Crippen molar-refractivity contribution in [3.05, 3.63) is 110 Å². The average molecular weight is 570 g/mol. The van der Waals surface area contributed by atoms with E-state index in [0.717, 1.165) is 4.57 Å². The molecule has 0 fully saturated rings. The molecule has 3 N–H and O–H groups in total. The van der Waals surface area contributed by atoms with E-state index in [9.17, 15) is 27.2 Å². The first-order chi connectivity index (χ1) is 19.7. The number of halogens is 4. The van der Waals surface area contributed by atoms with Gasteiger partial charge in [-0.25, -0.2) is 27.9 Å². The van der Waals surface area contributed by atoms with Crippen molar-refractivity contribution >= 4 is 22.9 Å². The highest BCUT2D eigenvalue weighted by Gasteiger charge is 2.16. The summed E-state index contributed by atoms with van der Waals surface area (Å²) in [5.41, 5.74) is 6.46. The number of nitrogen functional groups attached to an aromatic ring is 1. The molecule has 41 heavy (non-hydrogen) atoms. The van der Waals surface area contributed by atoms with Crippen molar-refractivity contribution in [3.63, 3.8) is 0 Å². The highest BCUT2D eigenvalue weighted by atomic mass is 19.3. The first-order valence-corrected chi connectivity index (χ1v) is 12.3. The van der Waals surface area contributed by atoms with Crippen molar-refractivity contribution in [2.45, 2.75) is 26.2 Å². The Morgan fingerprint density at radius 1 is 0.829 bits per heavy atom. The van der Waals surface area contributed by atoms with Crippen LogP contribution >= 0.6 is 0 Å². The first-order valence-electron chi connectivity index (χ1n) is 12.3. The summed E-state index contributed by atoms with van der Waals surface area (Å²) in [6.07, 6.45) is 0. The standard InChI is InChI=1S/C27H23F4N7O3/c28-18-5-1-16(2-6-18)15-38-26(39)35-25(33-11-12-36-22-13-19(29)7-10-21(22)34-24(36)32)37(27(38)40)14-17-3-8-20(9-4-17)41-23(30)31/h1-10,13,23H,11-12,14-15H2,(H2,32,34)(H,33,35,39). The molecular weight excluding hydrogens is 546 g/mol. The number of imidazole rings is 1. The van der Waals surface area contributed by atoms with E-state index < -0.39 is 29.6 Å². The van der Waals surface area contributed by atoms with Crippen molar-refractivity contribution in [3.8, 4) is 5.75 Å². The predicted octanol–water partition coefficient (Wildman–Crippen LogP) is 3.43. The maximum atomic E-state index is 13.8. The van der Waals surface area contributed by atoms with Gasteiger partial charge in [-0.05, 0) is 53.6 Å². The van der Waals surface area contributed by atoms with Crippen LogP contribution in [0.5, 0.6) is 5.75 Å². The number of hydrogen-bond donors (Lipinski definition) is 2. The van der Waals surface area contributed by atoms with E-state index in [1.54, 1.807) is 4.57 Å². The normalized spacial score (nSPS) is 11.3. The van der Waals surface area contributed by atoms with Gasteiger partial charge in [0.1, 0.15) is 17.4 Å². The molecule has 10 nitrogen and oxygen atoms in total. The van der Waals surface area contributed by atoms with Crippen LogP contribution in [0.3, 0.4) is 0 Å². The molecule has 0 bridgehead atoms. The summed E-state index contributed by atoms with van der Waals surface area (Å²) in [7, 11) is 0. The van der Waals surface area contributed by atoms with Gasteiger partial charge in [-0.3, -0.25) is 4.57 Å². The van der Waals surface area contributed by atoms with Crippen LogP contribution in [0.4, 0.5) is 29.5 Å². The summed E-state index contributed by atoms with van der Waals surface area (Å²) >= 11 is 0. The number of nitrogens with one attached hydrogen (secondary N) is 1. The molecule has 0 radical (unpaired) electrons. The van der Waals surface area contributed by atoms with Crippen LogP contribution in [0, 0.1) is 11.6 Å². The number of benzene rings is 3. The fourth-order valence-electron chi connectivity index (χ4n) is 4.30. The van der Waals surface area contributed by atoms with Crippen molar-refractivity contribution < 1.29 is 22.3 Å². The smallest absolute Gasteiger partial charge is 0.387 e. The Balaban J connectivity index is 1.45. The minimum Gasteiger partial charge on any atom is -0.435 e. The van der Waals surface area contributed by atoms with Crippen molar-refractivity contribution in [2.24, 2.45) is 0 Å². The molecule has 0 aliphatic heterocycles. The Bertz CT molecular complexity index is 1800. The van der Waals surface area contributed by atoms with Crippen molar-refractivity contribution in [1.82, 2.24) is 23.7 Å². The zero-order valence-corrected chi connectivity index (χ0v) is 21.3. The minimum absolute atomic E-state index is 0.0579. The predicted molar refractivity (Wildman–Crippen MR) is 143 cm³/mol. The maximum Gasteiger partial charge on any atom is 0.387 e. The van der Waals surface area contributed by atoms with Gasteiger partial charge in [-0.2, -0.15) is 13.8 Å². The number of ether oxygens (including phenoxy) is 1. The number of hydrogen-bond acceptors (Lipinski definition) is 7. The summed E-state index contributed by atoms with van der Waals surface area (Å²) in [6, 6.07) is 15.0. The molecule has 5 rings (SSSR count). The van der Waals surface area contributed by atoms with Gasteiger partial charge in [0.05, 0.1) is 24.1 Å². The monoisotopic (exact) mass is 569 g/mol. The molecular formula is C27H23F4N7O3. The molecule has 2 heterocycles. The van der Waals surface area contributed by atoms with E-state index in [1.807, 2.05) is 0 Å². The maximum absolute atomic E-state index is 13.8. The van der Waals surface area contributed by atoms with E-state index >= 15 is 0 Å². The summed E-state index contributed by atoms with van der Waals surface area (Å²) in [5.74, 6) is -0.896. The van der Waals surface area contributed by atoms with Crippen LogP contribution in [0.15, 0.2) is 76.3 Å². The summed E-state index contributed by atoms with van der Waals surface area (Å²) in [4.78, 5) is 34.7. The van der Waals surface area contributed by atoms with E-state index in [0.29, 0.717) is 22.2 Å². The van der Waals surface area contributed by atoms with Crippen molar-refractivity contribution in [2.75, 3.05) is 17.6 Å². The summed E-state index contributed by atoms with van der Waals surface area (Å²) in [5, 5.41) is 2.96. The van der Waals surface area contributed by atoms with Gasteiger partial charge in [0.2, 0.25) is 11.9 Å². The quantitative estimate of drug-likeness (QED) is 0.247. The number of aromatic nitrogens is 5. The number of nitrogens with zero attached hydrogens (tertiary/aromatic N) is 5. The van der Waals surface area contributed by atoms with Crippen LogP contribution in [-0.2, 0) is 19.6 Å². The first kappa shape index (κ1) is 27.4. The van der Waals surface area contributed by atoms with Crippen LogP contribution in [0.2, 0.25) is 0 Å². The number of anilines is 2. The molecule has 0 saturated carbocycles.